The Morgan fingerprint density at radius 1 is 0.429 bits per heavy atom. The molecular formula is C40H50N4O12. The van der Waals surface area contributed by atoms with Gasteiger partial charge in [0.2, 0.25) is 0 Å². The highest BCUT2D eigenvalue weighted by molar-refractivity contribution is 5.88. The number of carbonyl (C=O) groups excluding carboxylic acids is 2. The molecule has 0 unspecified atom stereocenters. The molecule has 16 heteroatoms. The van der Waals surface area contributed by atoms with Crippen molar-refractivity contribution in [2.45, 2.75) is 26.2 Å². The zero-order valence-electron chi connectivity index (χ0n) is 33.5. The second-order valence-corrected chi connectivity index (χ2v) is 12.2. The summed E-state index contributed by atoms with van der Waals surface area (Å²) in [5.74, 6) is 3.05. The first-order chi connectivity index (χ1) is 27.1. The van der Waals surface area contributed by atoms with Gasteiger partial charge in [0.15, 0.2) is 11.4 Å². The van der Waals surface area contributed by atoms with Crippen LogP contribution in [0.4, 0.5) is 0 Å². The number of aromatic nitrogens is 2. The molecule has 0 atom stereocenters. The van der Waals surface area contributed by atoms with Crippen LogP contribution < -0.4 is 37.9 Å². The van der Waals surface area contributed by atoms with Crippen molar-refractivity contribution in [3.8, 4) is 46.0 Å². The topological polar surface area (TPSA) is 159 Å². The average molecular weight is 779 g/mol. The lowest BCUT2D eigenvalue weighted by atomic mass is 10.1. The van der Waals surface area contributed by atoms with Crippen LogP contribution in [0, 0.1) is 0 Å². The molecule has 0 fully saturated rings. The fraction of sp³-hybridized carbons (Fsp3) is 0.400. The van der Waals surface area contributed by atoms with E-state index in [1.807, 2.05) is 0 Å². The van der Waals surface area contributed by atoms with E-state index in [1.165, 1.54) is 40.6 Å². The minimum absolute atomic E-state index is 0.104. The molecular weight excluding hydrogens is 728 g/mol. The molecule has 302 valence electrons. The molecule has 16 nitrogen and oxygen atoms in total. The molecule has 0 saturated heterocycles. The number of methoxy groups -OCH3 is 10. The summed E-state index contributed by atoms with van der Waals surface area (Å²) >= 11 is 0. The highest BCUT2D eigenvalue weighted by Crippen LogP contribution is 2.37. The van der Waals surface area contributed by atoms with E-state index in [0.29, 0.717) is 83.6 Å². The summed E-state index contributed by atoms with van der Waals surface area (Å²) in [6.45, 7) is 2.06. The predicted octanol–water partition coefficient (Wildman–Crippen LogP) is 4.82. The van der Waals surface area contributed by atoms with Gasteiger partial charge in [-0.05, 0) is 0 Å². The van der Waals surface area contributed by atoms with Crippen molar-refractivity contribution >= 4 is 11.9 Å². The second-order valence-electron chi connectivity index (χ2n) is 12.2. The molecule has 0 aliphatic heterocycles. The van der Waals surface area contributed by atoms with Crippen LogP contribution in [-0.4, -0.2) is 116 Å². The van der Waals surface area contributed by atoms with Gasteiger partial charge >= 0.3 is 11.9 Å². The van der Waals surface area contributed by atoms with Crippen LogP contribution in [0.1, 0.15) is 43.5 Å². The molecule has 0 N–H and O–H groups in total. The molecule has 2 aromatic carbocycles. The maximum Gasteiger partial charge on any atom is 0.356 e. The van der Waals surface area contributed by atoms with Gasteiger partial charge in [0, 0.05) is 87.8 Å². The van der Waals surface area contributed by atoms with E-state index in [9.17, 15) is 9.59 Å². The lowest BCUT2D eigenvalue weighted by Gasteiger charge is -2.29. The fourth-order valence-corrected chi connectivity index (χ4v) is 6.02. The molecule has 4 aromatic rings. The molecule has 2 aromatic heterocycles. The second kappa shape index (κ2) is 20.6. The lowest BCUT2D eigenvalue weighted by molar-refractivity contribution is 0.0584. The fourth-order valence-electron chi connectivity index (χ4n) is 6.02. The van der Waals surface area contributed by atoms with Gasteiger partial charge in [-0.1, -0.05) is 0 Å². The maximum atomic E-state index is 12.6. The molecule has 56 heavy (non-hydrogen) atoms. The minimum Gasteiger partial charge on any atom is -0.497 e. The summed E-state index contributed by atoms with van der Waals surface area (Å²) in [5, 5.41) is 0. The summed E-state index contributed by atoms with van der Waals surface area (Å²) in [4.78, 5) is 38.7. The number of hydrogen-bond donors (Lipinski definition) is 0. The molecule has 0 radical (unpaired) electrons. The highest BCUT2D eigenvalue weighted by Gasteiger charge is 2.23. The van der Waals surface area contributed by atoms with Crippen LogP contribution in [0.3, 0.4) is 0 Å². The molecule has 4 rings (SSSR count). The van der Waals surface area contributed by atoms with Gasteiger partial charge in [0.25, 0.3) is 0 Å². The van der Waals surface area contributed by atoms with Crippen LogP contribution >= 0.6 is 0 Å². The lowest BCUT2D eigenvalue weighted by Crippen LogP contribution is -2.35. The van der Waals surface area contributed by atoms with Crippen molar-refractivity contribution < 1.29 is 57.0 Å². The summed E-state index contributed by atoms with van der Waals surface area (Å²) in [6, 6.07) is 13.7. The predicted molar refractivity (Wildman–Crippen MR) is 205 cm³/mol. The quantitative estimate of drug-likeness (QED) is 0.106. The molecule has 0 aliphatic carbocycles. The number of benzene rings is 2. The molecule has 0 spiro atoms. The van der Waals surface area contributed by atoms with Gasteiger partial charge in [0.05, 0.1) is 93.6 Å². The van der Waals surface area contributed by atoms with E-state index in [-0.39, 0.29) is 24.5 Å². The van der Waals surface area contributed by atoms with Crippen LogP contribution in [0.15, 0.2) is 48.5 Å². The Bertz CT molecular complexity index is 1770. The first kappa shape index (κ1) is 42.7. The Kier molecular flexibility index (Phi) is 15.7. The third kappa shape index (κ3) is 10.8. The number of esters is 2. The first-order valence-corrected chi connectivity index (χ1v) is 17.4. The summed E-state index contributed by atoms with van der Waals surface area (Å²) in [6.07, 6.45) is 0. The van der Waals surface area contributed by atoms with Gasteiger partial charge in [-0.3, -0.25) is 9.80 Å². The summed E-state index contributed by atoms with van der Waals surface area (Å²) in [5.41, 5.74) is 2.83. The summed E-state index contributed by atoms with van der Waals surface area (Å²) < 4.78 is 55.2. The maximum absolute atomic E-state index is 12.6. The molecule has 2 heterocycles. The van der Waals surface area contributed by atoms with Crippen molar-refractivity contribution in [1.82, 2.24) is 19.8 Å². The number of hydrogen-bond acceptors (Lipinski definition) is 16. The van der Waals surface area contributed by atoms with Crippen LogP contribution in [0.25, 0.3) is 0 Å². The van der Waals surface area contributed by atoms with Crippen LogP contribution in [0.2, 0.25) is 0 Å². The number of rotatable bonds is 21. The van der Waals surface area contributed by atoms with E-state index >= 15 is 0 Å². The van der Waals surface area contributed by atoms with E-state index in [1.54, 1.807) is 79.1 Å². The normalized spacial score (nSPS) is 10.9. The van der Waals surface area contributed by atoms with E-state index < -0.39 is 11.9 Å². The standard InChI is InChI=1S/C40H50N4O12/c1-47-27-13-25(41-33(15-27)39(45)55-9)21-43(23-31-35(51-5)17-29(49-3)18-36(31)52-6)11-12-44(22-26-14-28(48-2)16-34(42-26)40(46)56-10)24-32-37(53-7)19-30(50-4)20-38(32)54-8/h13-20H,11-12,21-24H2,1-10H3. The third-order valence-corrected chi connectivity index (χ3v) is 8.87. The van der Waals surface area contributed by atoms with E-state index in [4.69, 9.17) is 47.4 Å². The van der Waals surface area contributed by atoms with Gasteiger partial charge in [-0.15, -0.1) is 0 Å². The van der Waals surface area contributed by atoms with Gasteiger partial charge < -0.3 is 47.4 Å². The Balaban J connectivity index is 1.82. The van der Waals surface area contributed by atoms with Crippen molar-refractivity contribution in [2.75, 3.05) is 84.2 Å². The molecule has 0 amide bonds. The highest BCUT2D eigenvalue weighted by atomic mass is 16.5. The summed E-state index contributed by atoms with van der Waals surface area (Å²) in [7, 11) is 15.1. The molecule has 0 aliphatic rings. The van der Waals surface area contributed by atoms with Gasteiger partial charge in [-0.25, -0.2) is 19.6 Å². The zero-order chi connectivity index (χ0) is 40.8. The van der Waals surface area contributed by atoms with Crippen molar-refractivity contribution in [3.05, 3.63) is 82.4 Å². The van der Waals surface area contributed by atoms with Crippen LogP contribution in [-0.2, 0) is 35.7 Å². The Labute approximate surface area is 327 Å². The Morgan fingerprint density at radius 2 is 0.732 bits per heavy atom. The molecule has 0 bridgehead atoms. The van der Waals surface area contributed by atoms with E-state index in [0.717, 1.165) is 11.1 Å². The number of carbonyl (C=O) groups is 2. The number of ether oxygens (including phenoxy) is 10. The number of pyridine rings is 2. The van der Waals surface area contributed by atoms with E-state index in [2.05, 4.69) is 19.8 Å². The Hall–Kier alpha value is -6.00. The van der Waals surface area contributed by atoms with Crippen molar-refractivity contribution in [3.63, 3.8) is 0 Å². The van der Waals surface area contributed by atoms with Gasteiger partial charge in [0.1, 0.15) is 46.0 Å². The largest absolute Gasteiger partial charge is 0.497 e. The van der Waals surface area contributed by atoms with Crippen LogP contribution in [0.5, 0.6) is 46.0 Å². The average Bonchev–Trinajstić information content (AvgIpc) is 3.24. The van der Waals surface area contributed by atoms with Crippen molar-refractivity contribution in [1.29, 1.82) is 0 Å². The smallest absolute Gasteiger partial charge is 0.356 e. The number of nitrogens with zero attached hydrogens (tertiary/aromatic N) is 4. The third-order valence-electron chi connectivity index (χ3n) is 8.87. The van der Waals surface area contributed by atoms with Crippen molar-refractivity contribution in [2.24, 2.45) is 0 Å². The minimum atomic E-state index is -0.596. The Morgan fingerprint density at radius 3 is 1.00 bits per heavy atom. The van der Waals surface area contributed by atoms with Gasteiger partial charge in [-0.2, -0.15) is 0 Å². The first-order valence-electron chi connectivity index (χ1n) is 17.4. The zero-order valence-corrected chi connectivity index (χ0v) is 33.5. The SMILES string of the molecule is COC(=O)c1cc(OC)cc(CN(CCN(Cc2cc(OC)cc(C(=O)OC)n2)Cc2c(OC)cc(OC)cc2OC)Cc2c(OC)cc(OC)cc2OC)n1. The molecule has 0 saturated carbocycles. The monoisotopic (exact) mass is 778 g/mol.